The van der Waals surface area contributed by atoms with E-state index in [2.05, 4.69) is 15.9 Å². The molecule has 3 aliphatic heterocycles. The SMILES string of the molecule is CC(C)(C)OC(=O)N1[C@@H]2CC[C@@H](C2)[C@H]1C(=O)C[C@H](C#N)Cc1ccc(N2CCN(CC3CCCO3)CC2)cc1F. The third-order valence-corrected chi connectivity index (χ3v) is 8.88. The van der Waals surface area contributed by atoms with Crippen molar-refractivity contribution in [3.63, 3.8) is 0 Å². The zero-order valence-electron chi connectivity index (χ0n) is 24.1. The molecule has 0 N–H and O–H groups in total. The average Bonchev–Trinajstić information content (AvgIpc) is 3.67. The molecule has 40 heavy (non-hydrogen) atoms. The van der Waals surface area contributed by atoms with E-state index in [9.17, 15) is 14.9 Å². The van der Waals surface area contributed by atoms with Crippen LogP contribution in [0.2, 0.25) is 0 Å². The number of piperidine rings is 1. The molecule has 4 fully saturated rings. The number of carbonyl (C=O) groups excluding carboxylic acids is 2. The molecule has 5 atom stereocenters. The van der Waals surface area contributed by atoms with E-state index in [1.807, 2.05) is 26.8 Å². The highest BCUT2D eigenvalue weighted by atomic mass is 19.1. The third-order valence-electron chi connectivity index (χ3n) is 8.88. The number of halogens is 1. The molecule has 0 spiro atoms. The van der Waals surface area contributed by atoms with Gasteiger partial charge in [0, 0.05) is 57.5 Å². The highest BCUT2D eigenvalue weighted by Crippen LogP contribution is 2.44. The van der Waals surface area contributed by atoms with Gasteiger partial charge in [0.15, 0.2) is 5.78 Å². The number of nitrogens with zero attached hydrogens (tertiary/aromatic N) is 4. The normalized spacial score (nSPS) is 27.6. The largest absolute Gasteiger partial charge is 0.444 e. The van der Waals surface area contributed by atoms with Gasteiger partial charge in [0.1, 0.15) is 11.4 Å². The van der Waals surface area contributed by atoms with Gasteiger partial charge < -0.3 is 14.4 Å². The first-order valence-corrected chi connectivity index (χ1v) is 14.9. The number of hydrogen-bond acceptors (Lipinski definition) is 7. The maximum atomic E-state index is 15.2. The van der Waals surface area contributed by atoms with E-state index in [4.69, 9.17) is 9.47 Å². The number of nitriles is 1. The first-order valence-electron chi connectivity index (χ1n) is 14.9. The quantitative estimate of drug-likeness (QED) is 0.466. The first-order chi connectivity index (χ1) is 19.1. The van der Waals surface area contributed by atoms with E-state index in [1.54, 1.807) is 17.0 Å². The Balaban J connectivity index is 1.17. The number of amides is 1. The topological polar surface area (TPSA) is 86.1 Å². The number of likely N-dealkylation sites (tertiary alicyclic amines) is 1. The molecule has 1 saturated carbocycles. The summed E-state index contributed by atoms with van der Waals surface area (Å²) in [5, 5.41) is 9.86. The maximum absolute atomic E-state index is 15.2. The van der Waals surface area contributed by atoms with Crippen molar-refractivity contribution in [2.24, 2.45) is 11.8 Å². The Morgan fingerprint density at radius 2 is 1.95 bits per heavy atom. The van der Waals surface area contributed by atoms with Crippen LogP contribution in [0.15, 0.2) is 18.2 Å². The number of piperazine rings is 1. The number of rotatable bonds is 8. The lowest BCUT2D eigenvalue weighted by atomic mass is 9.88. The molecule has 5 rings (SSSR count). The van der Waals surface area contributed by atoms with Gasteiger partial charge in [-0.3, -0.25) is 14.6 Å². The van der Waals surface area contributed by atoms with Crippen molar-refractivity contribution in [3.8, 4) is 6.07 Å². The van der Waals surface area contributed by atoms with Crippen molar-refractivity contribution in [1.29, 1.82) is 5.26 Å². The van der Waals surface area contributed by atoms with Gasteiger partial charge in [-0.1, -0.05) is 6.07 Å². The van der Waals surface area contributed by atoms with E-state index >= 15 is 4.39 Å². The minimum absolute atomic E-state index is 0.00244. The molecule has 0 aromatic heterocycles. The fraction of sp³-hybridized carbons (Fsp3) is 0.710. The molecule has 9 heteroatoms. The molecule has 1 aliphatic carbocycles. The summed E-state index contributed by atoms with van der Waals surface area (Å²) in [6.45, 7) is 10.8. The smallest absolute Gasteiger partial charge is 0.411 e. The van der Waals surface area contributed by atoms with Crippen LogP contribution >= 0.6 is 0 Å². The van der Waals surface area contributed by atoms with Gasteiger partial charge in [-0.25, -0.2) is 9.18 Å². The molecule has 1 aromatic rings. The van der Waals surface area contributed by atoms with E-state index < -0.39 is 23.7 Å². The number of hydrogen-bond donors (Lipinski definition) is 0. The van der Waals surface area contributed by atoms with Crippen molar-refractivity contribution in [1.82, 2.24) is 9.80 Å². The highest BCUT2D eigenvalue weighted by Gasteiger charge is 2.52. The van der Waals surface area contributed by atoms with Crippen LogP contribution in [0.4, 0.5) is 14.9 Å². The third kappa shape index (κ3) is 6.60. The molecule has 0 radical (unpaired) electrons. The van der Waals surface area contributed by atoms with Crippen LogP contribution < -0.4 is 4.90 Å². The lowest BCUT2D eigenvalue weighted by Crippen LogP contribution is -2.51. The van der Waals surface area contributed by atoms with Crippen molar-refractivity contribution in [3.05, 3.63) is 29.6 Å². The number of ether oxygens (including phenoxy) is 2. The molecule has 1 amide bonds. The summed E-state index contributed by atoms with van der Waals surface area (Å²) in [4.78, 5) is 32.6. The Hall–Kier alpha value is -2.70. The Bertz CT molecular complexity index is 1120. The Kier molecular flexibility index (Phi) is 8.67. The van der Waals surface area contributed by atoms with Gasteiger partial charge in [-0.2, -0.15) is 5.26 Å². The summed E-state index contributed by atoms with van der Waals surface area (Å²) in [5.41, 5.74) is 0.637. The number of Topliss-reactive ketones (excluding diaryl/α,β-unsaturated/α-hetero) is 1. The Morgan fingerprint density at radius 1 is 1.18 bits per heavy atom. The second-order valence-electron chi connectivity index (χ2n) is 13.0. The lowest BCUT2D eigenvalue weighted by Gasteiger charge is -2.37. The molecule has 3 saturated heterocycles. The van der Waals surface area contributed by atoms with Gasteiger partial charge in [-0.05, 0) is 82.9 Å². The summed E-state index contributed by atoms with van der Waals surface area (Å²) in [5.74, 6) is -1.02. The van der Waals surface area contributed by atoms with E-state index in [0.717, 1.165) is 77.1 Å². The molecule has 1 aromatic carbocycles. The fourth-order valence-corrected chi connectivity index (χ4v) is 6.94. The van der Waals surface area contributed by atoms with E-state index in [-0.39, 0.29) is 36.4 Å². The van der Waals surface area contributed by atoms with Crippen LogP contribution in [0, 0.1) is 29.0 Å². The Labute approximate surface area is 237 Å². The van der Waals surface area contributed by atoms with Crippen molar-refractivity contribution < 1.29 is 23.5 Å². The molecule has 3 heterocycles. The predicted molar refractivity (Wildman–Crippen MR) is 149 cm³/mol. The predicted octanol–water partition coefficient (Wildman–Crippen LogP) is 4.56. The maximum Gasteiger partial charge on any atom is 0.411 e. The molecule has 1 unspecified atom stereocenters. The summed E-state index contributed by atoms with van der Waals surface area (Å²) in [6, 6.07) is 6.91. The Morgan fingerprint density at radius 3 is 2.60 bits per heavy atom. The molecule has 218 valence electrons. The second-order valence-corrected chi connectivity index (χ2v) is 13.0. The van der Waals surface area contributed by atoms with Crippen LogP contribution in [-0.2, 0) is 20.7 Å². The summed E-state index contributed by atoms with van der Waals surface area (Å²) in [6.07, 6.45) is 4.88. The lowest BCUT2D eigenvalue weighted by molar-refractivity contribution is -0.126. The monoisotopic (exact) mass is 554 g/mol. The van der Waals surface area contributed by atoms with Crippen LogP contribution in [0.25, 0.3) is 0 Å². The van der Waals surface area contributed by atoms with Crippen LogP contribution in [-0.4, -0.2) is 84.8 Å². The van der Waals surface area contributed by atoms with Crippen LogP contribution in [0.3, 0.4) is 0 Å². The molecule has 2 bridgehead atoms. The minimum atomic E-state index is -0.659. The fourth-order valence-electron chi connectivity index (χ4n) is 6.94. The summed E-state index contributed by atoms with van der Waals surface area (Å²) >= 11 is 0. The average molecular weight is 555 g/mol. The summed E-state index contributed by atoms with van der Waals surface area (Å²) < 4.78 is 26.6. The zero-order valence-corrected chi connectivity index (χ0v) is 24.1. The van der Waals surface area contributed by atoms with Gasteiger partial charge in [-0.15, -0.1) is 0 Å². The van der Waals surface area contributed by atoms with Gasteiger partial charge in [0.05, 0.1) is 24.1 Å². The van der Waals surface area contributed by atoms with Gasteiger partial charge in [0.25, 0.3) is 0 Å². The van der Waals surface area contributed by atoms with Crippen LogP contribution in [0.1, 0.15) is 64.9 Å². The summed E-state index contributed by atoms with van der Waals surface area (Å²) in [7, 11) is 0. The number of carbonyl (C=O) groups is 2. The van der Waals surface area contributed by atoms with Gasteiger partial charge >= 0.3 is 6.09 Å². The van der Waals surface area contributed by atoms with Gasteiger partial charge in [0.2, 0.25) is 0 Å². The molecular weight excluding hydrogens is 511 g/mol. The second kappa shape index (κ2) is 12.0. The van der Waals surface area contributed by atoms with Crippen LogP contribution in [0.5, 0.6) is 0 Å². The molecule has 8 nitrogen and oxygen atoms in total. The number of anilines is 1. The van der Waals surface area contributed by atoms with E-state index in [0.29, 0.717) is 11.7 Å². The number of benzene rings is 1. The van der Waals surface area contributed by atoms with Crippen molar-refractivity contribution >= 4 is 17.6 Å². The van der Waals surface area contributed by atoms with Crippen molar-refractivity contribution in [2.45, 2.75) is 89.5 Å². The number of fused-ring (bicyclic) bond motifs is 2. The number of ketones is 1. The molecule has 4 aliphatic rings. The highest BCUT2D eigenvalue weighted by molar-refractivity contribution is 5.89. The first kappa shape index (κ1) is 28.8. The van der Waals surface area contributed by atoms with Crippen molar-refractivity contribution in [2.75, 3.05) is 44.2 Å². The zero-order chi connectivity index (χ0) is 28.4. The standard InChI is InChI=1S/C31H43FN4O4/c1-31(2,3)40-30(38)36-25-9-7-23(17-25)29(36)28(37)16-21(19-33)15-22-6-8-24(18-27(22)32)35-12-10-34(11-13-35)20-26-5-4-14-39-26/h6,8,18,21,23,25-26,29H,4-5,7,9-17,20H2,1-3H3/t21-,23+,25-,26?,29+/m1/s1. The molecular formula is C31H43FN4O4. The minimum Gasteiger partial charge on any atom is -0.444 e. The van der Waals surface area contributed by atoms with E-state index in [1.165, 1.54) is 0 Å².